The van der Waals surface area contributed by atoms with Crippen LogP contribution in [-0.4, -0.2) is 16.5 Å². The molecule has 3 nitrogen and oxygen atoms in total. The molecular formula is C10H14IN3. The zero-order chi connectivity index (χ0) is 10.6. The maximum absolute atomic E-state index is 4.15. The van der Waals surface area contributed by atoms with Crippen LogP contribution >= 0.6 is 22.6 Å². The number of hydrogen-bond acceptors (Lipinski definition) is 3. The molecule has 14 heavy (non-hydrogen) atoms. The summed E-state index contributed by atoms with van der Waals surface area (Å²) in [6.07, 6.45) is 5.50. The van der Waals surface area contributed by atoms with Crippen LogP contribution in [0.5, 0.6) is 0 Å². The van der Waals surface area contributed by atoms with E-state index in [-0.39, 0.29) is 5.41 Å². The fourth-order valence-corrected chi connectivity index (χ4v) is 1.06. The van der Waals surface area contributed by atoms with Crippen molar-refractivity contribution in [1.82, 2.24) is 9.97 Å². The van der Waals surface area contributed by atoms with E-state index in [1.165, 1.54) is 0 Å². The highest BCUT2D eigenvalue weighted by Gasteiger charge is 2.12. The van der Waals surface area contributed by atoms with Crippen molar-refractivity contribution >= 4 is 28.5 Å². The Bertz CT molecular complexity index is 306. The van der Waals surface area contributed by atoms with E-state index >= 15 is 0 Å². The molecule has 0 fully saturated rings. The molecule has 0 aliphatic heterocycles. The van der Waals surface area contributed by atoms with E-state index in [4.69, 9.17) is 0 Å². The summed E-state index contributed by atoms with van der Waals surface area (Å²) in [6.45, 7) is 8.79. The van der Waals surface area contributed by atoms with Crippen LogP contribution in [0.25, 0.3) is 0 Å². The van der Waals surface area contributed by atoms with Gasteiger partial charge in [0, 0.05) is 22.5 Å². The molecule has 1 rings (SSSR count). The quantitative estimate of drug-likeness (QED) is 0.686. The molecule has 0 amide bonds. The molecule has 4 heteroatoms. The first-order valence-corrected chi connectivity index (χ1v) is 5.46. The van der Waals surface area contributed by atoms with E-state index in [1.54, 1.807) is 12.4 Å². The standard InChI is InChI=1S/C10H14IN3/c1-4-10(2,3)7-14-9-12-5-8(11)6-13-9/h4-6H,1,7H2,2-3H3,(H,12,13,14). The van der Waals surface area contributed by atoms with Gasteiger partial charge in [-0.25, -0.2) is 9.97 Å². The van der Waals surface area contributed by atoms with E-state index in [9.17, 15) is 0 Å². The molecule has 1 aromatic rings. The van der Waals surface area contributed by atoms with Crippen LogP contribution in [0, 0.1) is 8.99 Å². The third-order valence-electron chi connectivity index (χ3n) is 1.88. The van der Waals surface area contributed by atoms with E-state index in [0.29, 0.717) is 5.95 Å². The van der Waals surface area contributed by atoms with E-state index in [0.717, 1.165) is 10.1 Å². The van der Waals surface area contributed by atoms with Crippen LogP contribution in [0.15, 0.2) is 25.0 Å². The second-order valence-electron chi connectivity index (χ2n) is 3.77. The van der Waals surface area contributed by atoms with Gasteiger partial charge in [0.2, 0.25) is 5.95 Å². The first kappa shape index (κ1) is 11.4. The molecule has 0 aromatic carbocycles. The summed E-state index contributed by atoms with van der Waals surface area (Å²) in [5.41, 5.74) is 0.0619. The second-order valence-corrected chi connectivity index (χ2v) is 5.02. The third-order valence-corrected chi connectivity index (χ3v) is 2.43. The van der Waals surface area contributed by atoms with Crippen molar-refractivity contribution in [1.29, 1.82) is 0 Å². The Morgan fingerprint density at radius 1 is 1.50 bits per heavy atom. The number of hydrogen-bond donors (Lipinski definition) is 1. The van der Waals surface area contributed by atoms with Crippen LogP contribution < -0.4 is 5.32 Å². The molecule has 1 heterocycles. The average Bonchev–Trinajstić information content (AvgIpc) is 2.17. The van der Waals surface area contributed by atoms with Gasteiger partial charge >= 0.3 is 0 Å². The molecule has 0 radical (unpaired) electrons. The van der Waals surface area contributed by atoms with Crippen LogP contribution in [0.2, 0.25) is 0 Å². The topological polar surface area (TPSA) is 37.8 Å². The predicted octanol–water partition coefficient (Wildman–Crippen LogP) is 2.71. The number of anilines is 1. The number of aromatic nitrogens is 2. The van der Waals surface area contributed by atoms with Crippen molar-refractivity contribution in [3.8, 4) is 0 Å². The monoisotopic (exact) mass is 303 g/mol. The van der Waals surface area contributed by atoms with Gasteiger partial charge in [-0.3, -0.25) is 0 Å². The molecule has 0 saturated carbocycles. The molecule has 76 valence electrons. The van der Waals surface area contributed by atoms with Crippen molar-refractivity contribution < 1.29 is 0 Å². The number of rotatable bonds is 4. The van der Waals surface area contributed by atoms with Gasteiger partial charge in [0.1, 0.15) is 0 Å². The fourth-order valence-electron chi connectivity index (χ4n) is 0.783. The first-order valence-electron chi connectivity index (χ1n) is 4.38. The van der Waals surface area contributed by atoms with Crippen molar-refractivity contribution in [3.63, 3.8) is 0 Å². The summed E-state index contributed by atoms with van der Waals surface area (Å²) in [6, 6.07) is 0. The lowest BCUT2D eigenvalue weighted by molar-refractivity contribution is 0.512. The summed E-state index contributed by atoms with van der Waals surface area (Å²) in [5, 5.41) is 3.17. The second kappa shape index (κ2) is 4.72. The molecule has 0 aliphatic rings. The van der Waals surface area contributed by atoms with Crippen molar-refractivity contribution in [2.75, 3.05) is 11.9 Å². The highest BCUT2D eigenvalue weighted by atomic mass is 127. The van der Waals surface area contributed by atoms with Gasteiger partial charge in [0.25, 0.3) is 0 Å². The highest BCUT2D eigenvalue weighted by molar-refractivity contribution is 14.1. The van der Waals surface area contributed by atoms with Gasteiger partial charge in [-0.2, -0.15) is 0 Å². The molecule has 0 unspecified atom stereocenters. The molecule has 0 atom stereocenters. The Balaban J connectivity index is 2.54. The van der Waals surface area contributed by atoms with Crippen LogP contribution in [0.1, 0.15) is 13.8 Å². The minimum atomic E-state index is 0.0619. The predicted molar refractivity (Wildman–Crippen MR) is 67.2 cm³/mol. The highest BCUT2D eigenvalue weighted by Crippen LogP contribution is 2.16. The molecule has 0 aliphatic carbocycles. The van der Waals surface area contributed by atoms with Gasteiger partial charge in [0.05, 0.1) is 0 Å². The van der Waals surface area contributed by atoms with Gasteiger partial charge in [0.15, 0.2) is 0 Å². The van der Waals surface area contributed by atoms with Gasteiger partial charge in [-0.15, -0.1) is 6.58 Å². The lowest BCUT2D eigenvalue weighted by Gasteiger charge is -2.19. The summed E-state index contributed by atoms with van der Waals surface area (Å²) in [7, 11) is 0. The van der Waals surface area contributed by atoms with Crippen LogP contribution in [0.3, 0.4) is 0 Å². The summed E-state index contributed by atoms with van der Waals surface area (Å²) < 4.78 is 1.04. The zero-order valence-corrected chi connectivity index (χ0v) is 10.6. The lowest BCUT2D eigenvalue weighted by Crippen LogP contribution is -2.21. The Kier molecular flexibility index (Phi) is 3.86. The van der Waals surface area contributed by atoms with Crippen molar-refractivity contribution in [3.05, 3.63) is 28.6 Å². The third kappa shape index (κ3) is 3.61. The Labute approximate surface area is 98.2 Å². The molecule has 1 N–H and O–H groups in total. The van der Waals surface area contributed by atoms with Crippen LogP contribution in [0.4, 0.5) is 5.95 Å². The molecular weight excluding hydrogens is 289 g/mol. The normalized spacial score (nSPS) is 11.1. The van der Waals surface area contributed by atoms with E-state index in [1.807, 2.05) is 6.08 Å². The molecule has 1 aromatic heterocycles. The zero-order valence-electron chi connectivity index (χ0n) is 8.42. The fraction of sp³-hybridized carbons (Fsp3) is 0.400. The number of halogens is 1. The summed E-state index contributed by atoms with van der Waals surface area (Å²) in [5.74, 6) is 0.667. The lowest BCUT2D eigenvalue weighted by atomic mass is 9.94. The van der Waals surface area contributed by atoms with E-state index in [2.05, 4.69) is 58.3 Å². The van der Waals surface area contributed by atoms with Crippen molar-refractivity contribution in [2.45, 2.75) is 13.8 Å². The van der Waals surface area contributed by atoms with Gasteiger partial charge in [-0.1, -0.05) is 19.9 Å². The summed E-state index contributed by atoms with van der Waals surface area (Å²) >= 11 is 2.18. The molecule has 0 bridgehead atoms. The largest absolute Gasteiger partial charge is 0.353 e. The first-order chi connectivity index (χ1) is 6.53. The Hall–Kier alpha value is -0.650. The SMILES string of the molecule is C=CC(C)(C)CNc1ncc(I)cn1. The molecule has 0 spiro atoms. The van der Waals surface area contributed by atoms with Gasteiger partial charge in [-0.05, 0) is 28.0 Å². The smallest absolute Gasteiger partial charge is 0.222 e. The van der Waals surface area contributed by atoms with Crippen molar-refractivity contribution in [2.24, 2.45) is 5.41 Å². The minimum absolute atomic E-state index is 0.0619. The summed E-state index contributed by atoms with van der Waals surface area (Å²) in [4.78, 5) is 8.30. The number of nitrogens with one attached hydrogen (secondary N) is 1. The molecule has 0 saturated heterocycles. The van der Waals surface area contributed by atoms with Crippen LogP contribution in [-0.2, 0) is 0 Å². The average molecular weight is 303 g/mol. The maximum Gasteiger partial charge on any atom is 0.222 e. The number of nitrogens with zero attached hydrogens (tertiary/aromatic N) is 2. The van der Waals surface area contributed by atoms with Gasteiger partial charge < -0.3 is 5.32 Å². The van der Waals surface area contributed by atoms with E-state index < -0.39 is 0 Å². The Morgan fingerprint density at radius 3 is 2.57 bits per heavy atom. The Morgan fingerprint density at radius 2 is 2.07 bits per heavy atom. The maximum atomic E-state index is 4.15. The minimum Gasteiger partial charge on any atom is -0.353 e.